The maximum atomic E-state index is 12.7. The molecule has 26 heavy (non-hydrogen) atoms. The highest BCUT2D eigenvalue weighted by molar-refractivity contribution is 7.17. The Balaban J connectivity index is 1.93. The van der Waals surface area contributed by atoms with Crippen LogP contribution in [0.4, 0.5) is 9.80 Å². The molecule has 2 N–H and O–H groups in total. The molecule has 0 atom stereocenters. The highest BCUT2D eigenvalue weighted by Gasteiger charge is 2.28. The number of methoxy groups -OCH3 is 1. The Morgan fingerprint density at radius 1 is 1.12 bits per heavy atom. The molecule has 1 aromatic carbocycles. The quantitative estimate of drug-likeness (QED) is 0.862. The van der Waals surface area contributed by atoms with Crippen molar-refractivity contribution in [1.82, 2.24) is 5.32 Å². The molecule has 0 saturated heterocycles. The number of carbonyl (C=O) groups is 3. The molecular weight excluding hydrogens is 352 g/mol. The molecule has 6 nitrogen and oxygen atoms in total. The summed E-state index contributed by atoms with van der Waals surface area (Å²) in [7, 11) is 1.20. The molecule has 0 spiro atoms. The van der Waals surface area contributed by atoms with Crippen molar-refractivity contribution in [3.63, 3.8) is 0 Å². The minimum absolute atomic E-state index is 0.266. The zero-order chi connectivity index (χ0) is 18.8. The Hall–Kier alpha value is -2.67. The van der Waals surface area contributed by atoms with Crippen molar-refractivity contribution >= 4 is 34.2 Å². The number of benzene rings is 1. The van der Waals surface area contributed by atoms with Gasteiger partial charge in [-0.1, -0.05) is 17.7 Å². The highest BCUT2D eigenvalue weighted by atomic mass is 32.1. The number of aryl methyl sites for hydroxylation is 3. The third-order valence-corrected chi connectivity index (χ3v) is 5.62. The average molecular weight is 372 g/mol. The molecule has 0 saturated carbocycles. The minimum atomic E-state index is -0.820. The molecule has 1 aliphatic carbocycles. The van der Waals surface area contributed by atoms with E-state index >= 15 is 0 Å². The van der Waals surface area contributed by atoms with Crippen LogP contribution in [0.25, 0.3) is 0 Å². The first-order chi connectivity index (χ1) is 12.4. The standard InChI is InChI=1S/C19H20N2O4S/c1-10-7-8-11(2)13(9-10)16(22)20-18-15(17(23)21-19(24)25-3)12-5-4-6-14(12)26-18/h7-9H,4-6H2,1-3H3,(H,20,22)(H,21,23,24). The molecular formula is C19H20N2O4S. The normalized spacial score (nSPS) is 12.4. The smallest absolute Gasteiger partial charge is 0.413 e. The Morgan fingerprint density at radius 3 is 2.62 bits per heavy atom. The van der Waals surface area contributed by atoms with Crippen LogP contribution in [0.5, 0.6) is 0 Å². The fraction of sp³-hybridized carbons (Fsp3) is 0.316. The van der Waals surface area contributed by atoms with E-state index in [1.807, 2.05) is 32.0 Å². The van der Waals surface area contributed by atoms with Gasteiger partial charge in [0.15, 0.2) is 0 Å². The van der Waals surface area contributed by atoms with E-state index in [4.69, 9.17) is 0 Å². The molecule has 2 aromatic rings. The van der Waals surface area contributed by atoms with E-state index in [1.54, 1.807) is 0 Å². The number of alkyl carbamates (subject to hydrolysis) is 1. The van der Waals surface area contributed by atoms with Gasteiger partial charge in [-0.05, 0) is 50.3 Å². The lowest BCUT2D eigenvalue weighted by Crippen LogP contribution is -2.31. The lowest BCUT2D eigenvalue weighted by molar-refractivity contribution is 0.0937. The van der Waals surface area contributed by atoms with Crippen molar-refractivity contribution in [1.29, 1.82) is 0 Å². The van der Waals surface area contributed by atoms with Gasteiger partial charge in [-0.25, -0.2) is 4.79 Å². The Labute approximate surface area is 155 Å². The fourth-order valence-electron chi connectivity index (χ4n) is 3.09. The number of anilines is 1. The first kappa shape index (κ1) is 18.1. The topological polar surface area (TPSA) is 84.5 Å². The third-order valence-electron chi connectivity index (χ3n) is 4.41. The minimum Gasteiger partial charge on any atom is -0.453 e. The number of thiophene rings is 1. The second kappa shape index (κ2) is 7.29. The molecule has 0 fully saturated rings. The molecule has 0 aliphatic heterocycles. The number of carbonyl (C=O) groups excluding carboxylic acids is 3. The van der Waals surface area contributed by atoms with Gasteiger partial charge in [0.2, 0.25) is 0 Å². The van der Waals surface area contributed by atoms with E-state index in [-0.39, 0.29) is 5.91 Å². The maximum absolute atomic E-state index is 12.7. The number of rotatable bonds is 3. The van der Waals surface area contributed by atoms with E-state index in [9.17, 15) is 14.4 Å². The van der Waals surface area contributed by atoms with Crippen LogP contribution >= 0.6 is 11.3 Å². The molecule has 0 bridgehead atoms. The summed E-state index contributed by atoms with van der Waals surface area (Å²) in [5.41, 5.74) is 3.69. The predicted molar refractivity (Wildman–Crippen MR) is 100 cm³/mol. The SMILES string of the molecule is COC(=O)NC(=O)c1c(NC(=O)c2cc(C)ccc2C)sc2c1CCC2. The zero-order valence-corrected chi connectivity index (χ0v) is 15.7. The summed E-state index contributed by atoms with van der Waals surface area (Å²) in [6.07, 6.45) is 1.78. The van der Waals surface area contributed by atoms with Crippen LogP contribution in [0.3, 0.4) is 0 Å². The van der Waals surface area contributed by atoms with E-state index in [2.05, 4.69) is 15.4 Å². The van der Waals surface area contributed by atoms with Crippen LogP contribution in [-0.4, -0.2) is 25.0 Å². The maximum Gasteiger partial charge on any atom is 0.413 e. The second-order valence-electron chi connectivity index (χ2n) is 6.28. The van der Waals surface area contributed by atoms with Crippen LogP contribution in [0.2, 0.25) is 0 Å². The fourth-order valence-corrected chi connectivity index (χ4v) is 4.37. The summed E-state index contributed by atoms with van der Waals surface area (Å²) in [6, 6.07) is 5.66. The lowest BCUT2D eigenvalue weighted by atomic mass is 10.0. The first-order valence-electron chi connectivity index (χ1n) is 8.33. The van der Waals surface area contributed by atoms with E-state index < -0.39 is 12.0 Å². The first-order valence-corrected chi connectivity index (χ1v) is 9.14. The predicted octanol–water partition coefficient (Wildman–Crippen LogP) is 3.60. The summed E-state index contributed by atoms with van der Waals surface area (Å²) in [6.45, 7) is 3.79. The molecule has 1 aliphatic rings. The van der Waals surface area contributed by atoms with Gasteiger partial charge < -0.3 is 10.1 Å². The van der Waals surface area contributed by atoms with Crippen LogP contribution in [0.15, 0.2) is 18.2 Å². The van der Waals surface area contributed by atoms with Gasteiger partial charge in [-0.3, -0.25) is 14.9 Å². The van der Waals surface area contributed by atoms with Crippen molar-refractivity contribution in [2.75, 3.05) is 12.4 Å². The monoisotopic (exact) mass is 372 g/mol. The van der Waals surface area contributed by atoms with E-state index in [0.717, 1.165) is 40.8 Å². The van der Waals surface area contributed by atoms with Gasteiger partial charge in [0, 0.05) is 10.4 Å². The van der Waals surface area contributed by atoms with E-state index in [0.29, 0.717) is 16.1 Å². The van der Waals surface area contributed by atoms with Gasteiger partial charge in [0.25, 0.3) is 11.8 Å². The number of ether oxygens (including phenoxy) is 1. The van der Waals surface area contributed by atoms with Crippen LogP contribution < -0.4 is 10.6 Å². The van der Waals surface area contributed by atoms with Gasteiger partial charge >= 0.3 is 6.09 Å². The second-order valence-corrected chi connectivity index (χ2v) is 7.38. The Morgan fingerprint density at radius 2 is 1.88 bits per heavy atom. The average Bonchev–Trinajstić information content (AvgIpc) is 3.17. The highest BCUT2D eigenvalue weighted by Crippen LogP contribution is 2.39. The summed E-state index contributed by atoms with van der Waals surface area (Å²) in [4.78, 5) is 37.8. The number of amides is 3. The largest absolute Gasteiger partial charge is 0.453 e. The Bertz CT molecular complexity index is 901. The molecule has 0 unspecified atom stereocenters. The van der Waals surface area contributed by atoms with Crippen molar-refractivity contribution in [2.45, 2.75) is 33.1 Å². The van der Waals surface area contributed by atoms with Crippen molar-refractivity contribution in [2.24, 2.45) is 0 Å². The van der Waals surface area contributed by atoms with E-state index in [1.165, 1.54) is 18.4 Å². The summed E-state index contributed by atoms with van der Waals surface area (Å²) in [5.74, 6) is -0.814. The summed E-state index contributed by atoms with van der Waals surface area (Å²) >= 11 is 1.40. The van der Waals surface area contributed by atoms with Crippen molar-refractivity contribution in [3.8, 4) is 0 Å². The number of imide groups is 1. The zero-order valence-electron chi connectivity index (χ0n) is 14.9. The van der Waals surface area contributed by atoms with Gasteiger partial charge in [0.1, 0.15) is 5.00 Å². The molecule has 0 radical (unpaired) electrons. The molecule has 3 amide bonds. The molecule has 136 valence electrons. The molecule has 7 heteroatoms. The van der Waals surface area contributed by atoms with Crippen molar-refractivity contribution in [3.05, 3.63) is 50.9 Å². The van der Waals surface area contributed by atoms with Crippen LogP contribution in [0, 0.1) is 13.8 Å². The summed E-state index contributed by atoms with van der Waals surface area (Å²) < 4.78 is 4.50. The van der Waals surface area contributed by atoms with Crippen molar-refractivity contribution < 1.29 is 19.1 Å². The number of fused-ring (bicyclic) bond motifs is 1. The molecule has 3 rings (SSSR count). The van der Waals surface area contributed by atoms with Crippen LogP contribution in [-0.2, 0) is 17.6 Å². The number of hydrogen-bond donors (Lipinski definition) is 2. The Kier molecular flexibility index (Phi) is 5.08. The molecule has 1 aromatic heterocycles. The van der Waals surface area contributed by atoms with Gasteiger partial charge in [0.05, 0.1) is 12.7 Å². The molecule has 1 heterocycles. The number of nitrogens with one attached hydrogen (secondary N) is 2. The number of hydrogen-bond acceptors (Lipinski definition) is 5. The van der Waals surface area contributed by atoms with Crippen LogP contribution in [0.1, 0.15) is 48.7 Å². The lowest BCUT2D eigenvalue weighted by Gasteiger charge is -2.10. The summed E-state index contributed by atoms with van der Waals surface area (Å²) in [5, 5.41) is 5.53. The third kappa shape index (κ3) is 3.48. The van der Waals surface area contributed by atoms with Gasteiger partial charge in [-0.2, -0.15) is 0 Å². The van der Waals surface area contributed by atoms with Gasteiger partial charge in [-0.15, -0.1) is 11.3 Å².